The number of Topliss-reactive ketones (excluding diaryl/α,β-unsaturated/α-hetero) is 1. The van der Waals surface area contributed by atoms with Gasteiger partial charge in [-0.15, -0.1) is 4.68 Å². The van der Waals surface area contributed by atoms with Crippen LogP contribution in [-0.2, 0) is 0 Å². The van der Waals surface area contributed by atoms with E-state index in [9.17, 15) is 24.6 Å². The lowest BCUT2D eigenvalue weighted by molar-refractivity contribution is -0.632. The van der Waals surface area contributed by atoms with Crippen LogP contribution in [0.5, 0.6) is 0 Å². The number of para-hydroxylation sites is 1. The summed E-state index contributed by atoms with van der Waals surface area (Å²) in [6, 6.07) is 16.3. The fourth-order valence-electron chi connectivity index (χ4n) is 3.84. The van der Waals surface area contributed by atoms with E-state index < -0.39 is 12.1 Å². The van der Waals surface area contributed by atoms with E-state index in [0.29, 0.717) is 22.5 Å². The third kappa shape index (κ3) is 5.03. The molecule has 2 heterocycles. The summed E-state index contributed by atoms with van der Waals surface area (Å²) in [5, 5.41) is 23.3. The number of amides is 1. The largest absolute Gasteiger partial charge is 0.530 e. The zero-order valence-electron chi connectivity index (χ0n) is 20.1. The van der Waals surface area contributed by atoms with Crippen LogP contribution in [0, 0.1) is 13.8 Å². The Morgan fingerprint density at radius 1 is 1.00 bits per heavy atom. The van der Waals surface area contributed by atoms with Gasteiger partial charge in [-0.05, 0) is 55.6 Å². The Morgan fingerprint density at radius 2 is 1.57 bits per heavy atom. The molecular formula is C26H26N4O5. The van der Waals surface area contributed by atoms with Crippen LogP contribution in [0.2, 0.25) is 0 Å². The van der Waals surface area contributed by atoms with E-state index in [-0.39, 0.29) is 11.3 Å². The van der Waals surface area contributed by atoms with Crippen molar-refractivity contribution in [1.82, 2.24) is 15.0 Å². The number of carbonyl (C=O) groups is 3. The smallest absolute Gasteiger partial charge is 0.356 e. The first-order valence-corrected chi connectivity index (χ1v) is 10.8. The Balaban J connectivity index is 0.000000509. The van der Waals surface area contributed by atoms with E-state index in [0.717, 1.165) is 27.2 Å². The van der Waals surface area contributed by atoms with Crippen molar-refractivity contribution in [1.29, 1.82) is 0 Å². The summed E-state index contributed by atoms with van der Waals surface area (Å²) in [7, 11) is 2.82. The van der Waals surface area contributed by atoms with Crippen molar-refractivity contribution in [2.75, 3.05) is 14.1 Å². The average molecular weight is 475 g/mol. The predicted molar refractivity (Wildman–Crippen MR) is 129 cm³/mol. The van der Waals surface area contributed by atoms with Crippen LogP contribution in [0.3, 0.4) is 0 Å². The summed E-state index contributed by atoms with van der Waals surface area (Å²) in [4.78, 5) is 39.7. The molecule has 2 aromatic carbocycles. The number of aromatic carboxylic acids is 1. The number of hydrogen-bond donors (Lipinski definition) is 2. The first-order chi connectivity index (χ1) is 16.5. The number of benzene rings is 2. The second-order valence-corrected chi connectivity index (χ2v) is 8.13. The normalized spacial score (nSPS) is 10.4. The van der Waals surface area contributed by atoms with E-state index >= 15 is 0 Å². The van der Waals surface area contributed by atoms with E-state index in [1.807, 2.05) is 48.9 Å². The molecule has 0 atom stereocenters. The Labute approximate surface area is 202 Å². The molecule has 0 unspecified atom stereocenters. The van der Waals surface area contributed by atoms with Gasteiger partial charge in [0.1, 0.15) is 6.09 Å². The number of carbonyl (C=O) groups excluding carboxylic acids is 2. The average Bonchev–Trinajstić information content (AvgIpc) is 3.16. The number of nitrogens with zero attached hydrogens (tertiary/aromatic N) is 3. The molecule has 9 nitrogen and oxygen atoms in total. The fraction of sp³-hybridized carbons (Fsp3) is 0.192. The molecule has 4 aromatic rings. The number of aromatic nitrogens is 3. The van der Waals surface area contributed by atoms with Crippen LogP contribution in [0.15, 0.2) is 54.6 Å². The minimum atomic E-state index is -1.16. The highest BCUT2D eigenvalue weighted by Crippen LogP contribution is 2.32. The van der Waals surface area contributed by atoms with Gasteiger partial charge in [0, 0.05) is 19.7 Å². The van der Waals surface area contributed by atoms with Crippen LogP contribution >= 0.6 is 0 Å². The maximum atomic E-state index is 12.6. The number of fused-ring (bicyclic) bond motifs is 1. The molecule has 0 saturated heterocycles. The van der Waals surface area contributed by atoms with Crippen molar-refractivity contribution < 1.29 is 29.3 Å². The van der Waals surface area contributed by atoms with Crippen LogP contribution in [0.1, 0.15) is 38.9 Å². The van der Waals surface area contributed by atoms with Gasteiger partial charge in [0.05, 0.1) is 22.2 Å². The van der Waals surface area contributed by atoms with Gasteiger partial charge >= 0.3 is 11.6 Å². The molecular weight excluding hydrogens is 448 g/mol. The molecule has 180 valence electrons. The van der Waals surface area contributed by atoms with Crippen molar-refractivity contribution in [3.05, 3.63) is 77.0 Å². The lowest BCUT2D eigenvalue weighted by Crippen LogP contribution is -2.35. The molecule has 35 heavy (non-hydrogen) atoms. The number of H-pyrrole nitrogens is 1. The molecule has 2 N–H and O–H groups in total. The first kappa shape index (κ1) is 25.1. The van der Waals surface area contributed by atoms with Gasteiger partial charge in [0.25, 0.3) is 0 Å². The molecule has 0 saturated carbocycles. The molecule has 2 aromatic heterocycles. The van der Waals surface area contributed by atoms with Gasteiger partial charge in [-0.1, -0.05) is 30.3 Å². The second-order valence-electron chi connectivity index (χ2n) is 8.13. The lowest BCUT2D eigenvalue weighted by atomic mass is 9.94. The Hall–Kier alpha value is -4.53. The monoisotopic (exact) mass is 474 g/mol. The van der Waals surface area contributed by atoms with Crippen molar-refractivity contribution in [3.8, 4) is 16.9 Å². The third-order valence-corrected chi connectivity index (χ3v) is 5.44. The molecule has 0 aliphatic carbocycles. The summed E-state index contributed by atoms with van der Waals surface area (Å²) < 4.78 is 1.86. The second kappa shape index (κ2) is 10.2. The molecule has 0 radical (unpaired) electrons. The summed E-state index contributed by atoms with van der Waals surface area (Å²) in [6.45, 7) is 5.30. The summed E-state index contributed by atoms with van der Waals surface area (Å²) in [5.74, 6) is -1.21. The Bertz CT molecular complexity index is 1420. The van der Waals surface area contributed by atoms with E-state index in [1.165, 1.54) is 27.1 Å². The minimum Gasteiger partial charge on any atom is -0.530 e. The molecule has 0 bridgehead atoms. The summed E-state index contributed by atoms with van der Waals surface area (Å²) >= 11 is 0. The number of nitrogens with one attached hydrogen (secondary N) is 1. The maximum absolute atomic E-state index is 12.6. The van der Waals surface area contributed by atoms with Crippen LogP contribution in [0.4, 0.5) is 4.79 Å². The fourth-order valence-corrected chi connectivity index (χ4v) is 3.84. The number of ketones is 1. The van der Waals surface area contributed by atoms with Crippen LogP contribution in [0.25, 0.3) is 28.0 Å². The third-order valence-electron chi connectivity index (χ3n) is 5.44. The molecule has 9 heteroatoms. The van der Waals surface area contributed by atoms with Crippen molar-refractivity contribution in [2.45, 2.75) is 20.8 Å². The number of aryl methyl sites for hydroxylation is 2. The van der Waals surface area contributed by atoms with Gasteiger partial charge < -0.3 is 19.9 Å². The van der Waals surface area contributed by atoms with E-state index in [4.69, 9.17) is 4.98 Å². The molecule has 0 aliphatic rings. The molecule has 4 rings (SSSR count). The Morgan fingerprint density at radius 3 is 2.11 bits per heavy atom. The number of rotatable bonds is 4. The zero-order valence-corrected chi connectivity index (χ0v) is 20.1. The number of carboxylic acids is 1. The number of carboxylic acid groups (broad SMARTS) is 2. The standard InChI is InChI=1S/C23H19N3O3.C3H7NO2/c1-13-19-14(2)25-26(16-9-5-4-6-10-16)22(19)24-21(20(13)15(3)27)17-11-7-8-12-18(17)23(28)29;1-4(2)3(5)6/h4-12H,1-3H3,(H,28,29);1-2H3,(H,5,6). The van der Waals surface area contributed by atoms with Crippen LogP contribution < -0.4 is 9.79 Å². The highest BCUT2D eigenvalue weighted by Gasteiger charge is 2.30. The van der Waals surface area contributed by atoms with Gasteiger partial charge in [-0.2, -0.15) is 0 Å². The van der Waals surface area contributed by atoms with Crippen LogP contribution in [-0.4, -0.2) is 52.0 Å². The first-order valence-electron chi connectivity index (χ1n) is 10.8. The minimum absolute atomic E-state index is 0.111. The SMILES string of the molecule is CC(=O)c1c(-c2ccccc2C(=O)O)nc2c(c(C)[nH][n+]2-c2ccccc2)c1C.CN(C)C(=O)[O-]. The lowest BCUT2D eigenvalue weighted by Gasteiger charge is -2.10. The summed E-state index contributed by atoms with van der Waals surface area (Å²) in [6.07, 6.45) is -1.16. The van der Waals surface area contributed by atoms with Gasteiger partial charge in [-0.25, -0.2) is 9.89 Å². The quantitative estimate of drug-likeness (QED) is 0.345. The van der Waals surface area contributed by atoms with Crippen molar-refractivity contribution in [3.63, 3.8) is 0 Å². The number of hydrogen-bond acceptors (Lipinski definition) is 5. The molecule has 1 amide bonds. The molecule has 0 spiro atoms. The Kier molecular flexibility index (Phi) is 7.29. The summed E-state index contributed by atoms with van der Waals surface area (Å²) in [5.41, 5.74) is 4.55. The highest BCUT2D eigenvalue weighted by atomic mass is 16.4. The van der Waals surface area contributed by atoms with Crippen molar-refractivity contribution >= 4 is 28.9 Å². The topological polar surface area (TPSA) is 130 Å². The molecule has 0 aliphatic heterocycles. The maximum Gasteiger partial charge on any atom is 0.356 e. The number of aromatic amines is 1. The van der Waals surface area contributed by atoms with Gasteiger partial charge in [-0.3, -0.25) is 4.79 Å². The van der Waals surface area contributed by atoms with E-state index in [1.54, 1.807) is 18.2 Å². The zero-order chi connectivity index (χ0) is 25.9. The predicted octanol–water partition coefficient (Wildman–Crippen LogP) is 2.92. The van der Waals surface area contributed by atoms with Gasteiger partial charge in [0.2, 0.25) is 0 Å². The van der Waals surface area contributed by atoms with E-state index in [2.05, 4.69) is 5.10 Å². The highest BCUT2D eigenvalue weighted by molar-refractivity contribution is 6.07. The van der Waals surface area contributed by atoms with Gasteiger partial charge in [0.15, 0.2) is 17.2 Å². The molecule has 0 fully saturated rings. The van der Waals surface area contributed by atoms with Crippen molar-refractivity contribution in [2.24, 2.45) is 0 Å². The number of pyridine rings is 1.